The maximum Gasteiger partial charge on any atom is 0.195 e. The van der Waals surface area contributed by atoms with Gasteiger partial charge in [-0.2, -0.15) is 0 Å². The van der Waals surface area contributed by atoms with Crippen LogP contribution in [-0.4, -0.2) is 16.9 Å². The van der Waals surface area contributed by atoms with Crippen LogP contribution in [0.15, 0.2) is 66.9 Å². The van der Waals surface area contributed by atoms with Gasteiger partial charge in [0.05, 0.1) is 0 Å². The molecule has 0 atom stereocenters. The van der Waals surface area contributed by atoms with Crippen LogP contribution in [-0.2, 0) is 6.54 Å². The molecule has 0 saturated heterocycles. The molecule has 4 rings (SSSR count). The van der Waals surface area contributed by atoms with E-state index >= 15 is 0 Å². The molecule has 0 aliphatic carbocycles. The summed E-state index contributed by atoms with van der Waals surface area (Å²) >= 11 is 0. The first kappa shape index (κ1) is 17.5. The second-order valence-corrected chi connectivity index (χ2v) is 7.11. The summed E-state index contributed by atoms with van der Waals surface area (Å²) in [6.45, 7) is 3.64. The number of carbonyl (C=O) groups is 1. The summed E-state index contributed by atoms with van der Waals surface area (Å²) in [6, 6.07) is 20.3. The molecule has 0 aliphatic heterocycles. The number of aromatic nitrogens is 1. The molecule has 2 N–H and O–H groups in total. The Labute approximate surface area is 159 Å². The number of benzene rings is 3. The van der Waals surface area contributed by atoms with E-state index in [0.29, 0.717) is 6.54 Å². The molecule has 0 radical (unpaired) electrons. The van der Waals surface area contributed by atoms with Crippen LogP contribution in [0.2, 0.25) is 0 Å². The SMILES string of the molecule is Cc1ccc2c(c1)c(C(=O)c1cccc3ccccc13)cn2CCCCN. The van der Waals surface area contributed by atoms with Gasteiger partial charge in [0.2, 0.25) is 0 Å². The molecule has 27 heavy (non-hydrogen) atoms. The lowest BCUT2D eigenvalue weighted by atomic mass is 9.96. The number of ketones is 1. The van der Waals surface area contributed by atoms with Gasteiger partial charge in [0, 0.05) is 34.8 Å². The zero-order valence-corrected chi connectivity index (χ0v) is 15.6. The molecular formula is C24H24N2O. The molecule has 4 aromatic rings. The van der Waals surface area contributed by atoms with E-state index in [1.165, 1.54) is 0 Å². The predicted octanol–water partition coefficient (Wildman–Crippen LogP) is 5.07. The molecule has 3 aromatic carbocycles. The van der Waals surface area contributed by atoms with E-state index in [4.69, 9.17) is 5.73 Å². The lowest BCUT2D eigenvalue weighted by Crippen LogP contribution is -2.03. The van der Waals surface area contributed by atoms with Gasteiger partial charge in [-0.1, -0.05) is 54.1 Å². The van der Waals surface area contributed by atoms with Crippen LogP contribution >= 0.6 is 0 Å². The van der Waals surface area contributed by atoms with E-state index < -0.39 is 0 Å². The van der Waals surface area contributed by atoms with Crippen molar-refractivity contribution < 1.29 is 4.79 Å². The largest absolute Gasteiger partial charge is 0.347 e. The lowest BCUT2D eigenvalue weighted by Gasteiger charge is -2.05. The van der Waals surface area contributed by atoms with E-state index in [-0.39, 0.29) is 5.78 Å². The second-order valence-electron chi connectivity index (χ2n) is 7.11. The van der Waals surface area contributed by atoms with Crippen LogP contribution in [0.4, 0.5) is 0 Å². The van der Waals surface area contributed by atoms with E-state index in [1.54, 1.807) is 0 Å². The summed E-state index contributed by atoms with van der Waals surface area (Å²) in [6.07, 6.45) is 4.01. The minimum absolute atomic E-state index is 0.0833. The number of nitrogens with zero attached hydrogens (tertiary/aromatic N) is 1. The highest BCUT2D eigenvalue weighted by molar-refractivity contribution is 6.21. The number of hydrogen-bond donors (Lipinski definition) is 1. The van der Waals surface area contributed by atoms with E-state index in [0.717, 1.165) is 57.8 Å². The summed E-state index contributed by atoms with van der Waals surface area (Å²) in [5.41, 5.74) is 9.45. The Morgan fingerprint density at radius 1 is 0.926 bits per heavy atom. The molecule has 0 unspecified atom stereocenters. The van der Waals surface area contributed by atoms with Gasteiger partial charge in [-0.05, 0) is 49.2 Å². The Morgan fingerprint density at radius 2 is 1.74 bits per heavy atom. The van der Waals surface area contributed by atoms with Crippen molar-refractivity contribution in [2.24, 2.45) is 5.73 Å². The van der Waals surface area contributed by atoms with Crippen molar-refractivity contribution in [3.63, 3.8) is 0 Å². The minimum atomic E-state index is 0.0833. The van der Waals surface area contributed by atoms with Gasteiger partial charge in [-0.15, -0.1) is 0 Å². The summed E-state index contributed by atoms with van der Waals surface area (Å²) < 4.78 is 2.20. The number of carbonyl (C=O) groups excluding carboxylic acids is 1. The van der Waals surface area contributed by atoms with Gasteiger partial charge in [0.1, 0.15) is 0 Å². The van der Waals surface area contributed by atoms with Crippen LogP contribution in [0.3, 0.4) is 0 Å². The third-order valence-corrected chi connectivity index (χ3v) is 5.17. The molecule has 0 aliphatic rings. The van der Waals surface area contributed by atoms with Crippen molar-refractivity contribution in [2.45, 2.75) is 26.3 Å². The first-order valence-electron chi connectivity index (χ1n) is 9.51. The fraction of sp³-hybridized carbons (Fsp3) is 0.208. The smallest absolute Gasteiger partial charge is 0.195 e. The Hall–Kier alpha value is -2.91. The maximum absolute atomic E-state index is 13.5. The monoisotopic (exact) mass is 356 g/mol. The summed E-state index contributed by atoms with van der Waals surface area (Å²) in [7, 11) is 0. The van der Waals surface area contributed by atoms with E-state index in [1.807, 2.05) is 48.7 Å². The first-order valence-corrected chi connectivity index (χ1v) is 9.51. The van der Waals surface area contributed by atoms with Gasteiger partial charge in [0.15, 0.2) is 5.78 Å². The lowest BCUT2D eigenvalue weighted by molar-refractivity contribution is 0.104. The zero-order chi connectivity index (χ0) is 18.8. The number of fused-ring (bicyclic) bond motifs is 2. The Morgan fingerprint density at radius 3 is 2.59 bits per heavy atom. The molecule has 136 valence electrons. The summed E-state index contributed by atoms with van der Waals surface area (Å²) in [5.74, 6) is 0.0833. The van der Waals surface area contributed by atoms with Gasteiger partial charge >= 0.3 is 0 Å². The zero-order valence-electron chi connectivity index (χ0n) is 15.6. The Balaban J connectivity index is 1.84. The van der Waals surface area contributed by atoms with Crippen molar-refractivity contribution in [1.29, 1.82) is 0 Å². The third-order valence-electron chi connectivity index (χ3n) is 5.17. The van der Waals surface area contributed by atoms with Gasteiger partial charge in [0.25, 0.3) is 0 Å². The van der Waals surface area contributed by atoms with Gasteiger partial charge < -0.3 is 10.3 Å². The minimum Gasteiger partial charge on any atom is -0.347 e. The highest BCUT2D eigenvalue weighted by Crippen LogP contribution is 2.28. The number of aryl methyl sites for hydroxylation is 2. The highest BCUT2D eigenvalue weighted by Gasteiger charge is 2.18. The average Bonchev–Trinajstić information content (AvgIpc) is 3.05. The average molecular weight is 356 g/mol. The van der Waals surface area contributed by atoms with Gasteiger partial charge in [-0.3, -0.25) is 4.79 Å². The van der Waals surface area contributed by atoms with Crippen molar-refractivity contribution in [3.8, 4) is 0 Å². The fourth-order valence-corrected chi connectivity index (χ4v) is 3.77. The standard InChI is InChI=1S/C24H24N2O/c1-17-11-12-23-21(15-17)22(16-26(23)14-5-4-13-25)24(27)20-10-6-8-18-7-2-3-9-19(18)20/h2-3,6-12,15-16H,4-5,13-14,25H2,1H3. The van der Waals surface area contributed by atoms with Crippen LogP contribution in [0.5, 0.6) is 0 Å². The topological polar surface area (TPSA) is 48.0 Å². The molecule has 0 spiro atoms. The van der Waals surface area contributed by atoms with Crippen molar-refractivity contribution in [3.05, 3.63) is 83.6 Å². The highest BCUT2D eigenvalue weighted by atomic mass is 16.1. The third kappa shape index (κ3) is 3.26. The number of rotatable bonds is 6. The normalized spacial score (nSPS) is 11.3. The Bertz CT molecular complexity index is 1120. The number of nitrogens with two attached hydrogens (primary N) is 1. The number of hydrogen-bond acceptors (Lipinski definition) is 2. The molecule has 3 nitrogen and oxygen atoms in total. The van der Waals surface area contributed by atoms with Crippen molar-refractivity contribution in [1.82, 2.24) is 4.57 Å². The molecule has 0 saturated carbocycles. The first-order chi connectivity index (χ1) is 13.2. The molecule has 0 bridgehead atoms. The molecule has 1 heterocycles. The quantitative estimate of drug-likeness (QED) is 0.387. The summed E-state index contributed by atoms with van der Waals surface area (Å²) in [4.78, 5) is 13.5. The van der Waals surface area contributed by atoms with E-state index in [2.05, 4.69) is 29.7 Å². The van der Waals surface area contributed by atoms with Gasteiger partial charge in [-0.25, -0.2) is 0 Å². The molecule has 0 amide bonds. The van der Waals surface area contributed by atoms with Crippen molar-refractivity contribution in [2.75, 3.05) is 6.54 Å². The molecular weight excluding hydrogens is 332 g/mol. The maximum atomic E-state index is 13.5. The fourth-order valence-electron chi connectivity index (χ4n) is 3.77. The summed E-state index contributed by atoms with van der Waals surface area (Å²) in [5, 5.41) is 3.12. The van der Waals surface area contributed by atoms with Crippen LogP contribution in [0.25, 0.3) is 21.7 Å². The second kappa shape index (κ2) is 7.37. The molecule has 0 fully saturated rings. The van der Waals surface area contributed by atoms with Crippen LogP contribution in [0.1, 0.15) is 34.3 Å². The molecule has 3 heteroatoms. The van der Waals surface area contributed by atoms with Crippen LogP contribution < -0.4 is 5.73 Å². The Kier molecular flexibility index (Phi) is 4.78. The van der Waals surface area contributed by atoms with Crippen molar-refractivity contribution >= 4 is 27.5 Å². The molecule has 1 aromatic heterocycles. The predicted molar refractivity (Wildman–Crippen MR) is 112 cm³/mol. The van der Waals surface area contributed by atoms with Crippen LogP contribution in [0, 0.1) is 6.92 Å². The van der Waals surface area contributed by atoms with E-state index in [9.17, 15) is 4.79 Å². The number of unbranched alkanes of at least 4 members (excludes halogenated alkanes) is 1.